The van der Waals surface area contributed by atoms with Gasteiger partial charge in [-0.1, -0.05) is 54.8 Å². The molecule has 0 N–H and O–H groups in total. The molecule has 146 valence electrons. The quantitative estimate of drug-likeness (QED) is 0.510. The topological polar surface area (TPSA) is 89.9 Å². The summed E-state index contributed by atoms with van der Waals surface area (Å²) < 4.78 is 82.5. The van der Waals surface area contributed by atoms with Gasteiger partial charge in [0.25, 0.3) is 0 Å². The SMILES string of the molecule is CCS(=O)(=O)ON=C(c1ccccc1)C(F)(F)S(=O)(=O)C1CCCCC1. The summed E-state index contributed by atoms with van der Waals surface area (Å²) in [5.74, 6) is -0.487. The molecule has 1 fully saturated rings. The molecule has 0 heterocycles. The number of alkyl halides is 2. The molecule has 1 aliphatic rings. The normalized spacial score (nSPS) is 17.9. The van der Waals surface area contributed by atoms with E-state index in [0.717, 1.165) is 6.42 Å². The van der Waals surface area contributed by atoms with Crippen LogP contribution in [0.5, 0.6) is 0 Å². The van der Waals surface area contributed by atoms with E-state index in [2.05, 4.69) is 9.44 Å². The number of hydrogen-bond acceptors (Lipinski definition) is 6. The van der Waals surface area contributed by atoms with Crippen LogP contribution in [0.1, 0.15) is 44.6 Å². The van der Waals surface area contributed by atoms with Crippen LogP contribution in [0.15, 0.2) is 35.5 Å². The maximum Gasteiger partial charge on any atom is 0.391 e. The first-order chi connectivity index (χ1) is 12.1. The van der Waals surface area contributed by atoms with Crippen molar-refractivity contribution < 1.29 is 29.9 Å². The molecule has 1 aliphatic carbocycles. The Bertz CT molecular complexity index is 846. The first-order valence-corrected chi connectivity index (χ1v) is 11.4. The number of nitrogens with zero attached hydrogens (tertiary/aromatic N) is 1. The Hall–Kier alpha value is -1.55. The summed E-state index contributed by atoms with van der Waals surface area (Å²) in [6.45, 7) is 1.25. The molecule has 1 saturated carbocycles. The van der Waals surface area contributed by atoms with E-state index < -0.39 is 41.9 Å². The Morgan fingerprint density at radius 3 is 2.23 bits per heavy atom. The highest BCUT2D eigenvalue weighted by Crippen LogP contribution is 2.36. The summed E-state index contributed by atoms with van der Waals surface area (Å²) >= 11 is 0. The van der Waals surface area contributed by atoms with Gasteiger partial charge in [-0.05, 0) is 19.8 Å². The van der Waals surface area contributed by atoms with Crippen LogP contribution < -0.4 is 0 Å². The number of halogens is 2. The summed E-state index contributed by atoms with van der Waals surface area (Å²) in [6.07, 6.45) is 2.20. The molecular weight excluding hydrogens is 388 g/mol. The molecular formula is C16H21F2NO5S2. The smallest absolute Gasteiger partial charge is 0.268 e. The molecule has 0 spiro atoms. The molecule has 0 unspecified atom stereocenters. The highest BCUT2D eigenvalue weighted by Gasteiger charge is 2.54. The second-order valence-electron chi connectivity index (χ2n) is 6.05. The van der Waals surface area contributed by atoms with Crippen LogP contribution in [0.2, 0.25) is 0 Å². The van der Waals surface area contributed by atoms with Crippen LogP contribution in [0.4, 0.5) is 8.78 Å². The lowest BCUT2D eigenvalue weighted by Gasteiger charge is -2.27. The number of benzene rings is 1. The Kier molecular flexibility index (Phi) is 6.38. The van der Waals surface area contributed by atoms with Crippen molar-refractivity contribution in [3.8, 4) is 0 Å². The van der Waals surface area contributed by atoms with Gasteiger partial charge >= 0.3 is 15.4 Å². The summed E-state index contributed by atoms with van der Waals surface area (Å²) in [7, 11) is -9.09. The van der Waals surface area contributed by atoms with Crippen LogP contribution in [-0.4, -0.2) is 38.8 Å². The van der Waals surface area contributed by atoms with E-state index in [1.165, 1.54) is 31.2 Å². The van der Waals surface area contributed by atoms with Crippen LogP contribution >= 0.6 is 0 Å². The standard InChI is InChI=1S/C16H21F2NO5S2/c1-2-25(20,21)24-19-15(13-9-5-3-6-10-13)16(17,18)26(22,23)14-11-7-4-8-12-14/h3,5-6,9-10,14H,2,4,7-8,11-12H2,1H3. The Labute approximate surface area is 152 Å². The summed E-state index contributed by atoms with van der Waals surface area (Å²) in [4.78, 5) is 0. The zero-order chi connectivity index (χ0) is 19.4. The molecule has 6 nitrogen and oxygen atoms in total. The van der Waals surface area contributed by atoms with Crippen molar-refractivity contribution in [3.05, 3.63) is 35.9 Å². The van der Waals surface area contributed by atoms with Crippen molar-refractivity contribution >= 4 is 25.7 Å². The second-order valence-corrected chi connectivity index (χ2v) is 10.2. The minimum absolute atomic E-state index is 0.147. The van der Waals surface area contributed by atoms with Gasteiger partial charge in [-0.3, -0.25) is 4.28 Å². The lowest BCUT2D eigenvalue weighted by Crippen LogP contribution is -2.45. The molecule has 0 amide bonds. The van der Waals surface area contributed by atoms with Crippen molar-refractivity contribution in [2.45, 2.75) is 49.5 Å². The number of hydrogen-bond donors (Lipinski definition) is 0. The van der Waals surface area contributed by atoms with Crippen molar-refractivity contribution in [1.82, 2.24) is 0 Å². The average molecular weight is 409 g/mol. The van der Waals surface area contributed by atoms with Gasteiger partial charge in [-0.2, -0.15) is 17.2 Å². The maximum absolute atomic E-state index is 15.0. The molecule has 0 bridgehead atoms. The Morgan fingerprint density at radius 1 is 1.12 bits per heavy atom. The van der Waals surface area contributed by atoms with Gasteiger partial charge in [0.1, 0.15) is 0 Å². The molecule has 0 atom stereocenters. The summed E-state index contributed by atoms with van der Waals surface area (Å²) in [6, 6.07) is 6.85. The Morgan fingerprint density at radius 2 is 1.69 bits per heavy atom. The van der Waals surface area contributed by atoms with Gasteiger partial charge in [-0.25, -0.2) is 8.42 Å². The van der Waals surface area contributed by atoms with E-state index in [9.17, 15) is 16.8 Å². The van der Waals surface area contributed by atoms with E-state index >= 15 is 8.78 Å². The lowest BCUT2D eigenvalue weighted by molar-refractivity contribution is 0.162. The van der Waals surface area contributed by atoms with Gasteiger partial charge < -0.3 is 0 Å². The van der Waals surface area contributed by atoms with E-state index in [1.54, 1.807) is 6.07 Å². The molecule has 10 heteroatoms. The average Bonchev–Trinajstić information content (AvgIpc) is 2.63. The van der Waals surface area contributed by atoms with E-state index in [-0.39, 0.29) is 18.4 Å². The number of oxime groups is 1. The highest BCUT2D eigenvalue weighted by atomic mass is 32.2. The van der Waals surface area contributed by atoms with E-state index in [0.29, 0.717) is 12.8 Å². The number of rotatable bonds is 7. The third-order valence-corrected chi connectivity index (χ3v) is 7.53. The summed E-state index contributed by atoms with van der Waals surface area (Å²) in [5, 5.41) is -2.50. The van der Waals surface area contributed by atoms with E-state index in [4.69, 9.17) is 0 Å². The third-order valence-electron chi connectivity index (χ3n) is 4.27. The lowest BCUT2D eigenvalue weighted by atomic mass is 10.0. The van der Waals surface area contributed by atoms with Gasteiger partial charge in [0, 0.05) is 5.56 Å². The predicted octanol–water partition coefficient (Wildman–Crippen LogP) is 3.10. The van der Waals surface area contributed by atoms with Crippen LogP contribution in [-0.2, 0) is 24.2 Å². The molecule has 0 saturated heterocycles. The molecule has 2 rings (SSSR count). The minimum Gasteiger partial charge on any atom is -0.268 e. The monoisotopic (exact) mass is 409 g/mol. The highest BCUT2D eigenvalue weighted by molar-refractivity contribution is 7.93. The van der Waals surface area contributed by atoms with Crippen molar-refractivity contribution in [3.63, 3.8) is 0 Å². The zero-order valence-corrected chi connectivity index (χ0v) is 15.9. The van der Waals surface area contributed by atoms with E-state index in [1.807, 2.05) is 0 Å². The molecule has 0 aromatic heterocycles. The zero-order valence-electron chi connectivity index (χ0n) is 14.3. The largest absolute Gasteiger partial charge is 0.391 e. The maximum atomic E-state index is 15.0. The van der Waals surface area contributed by atoms with Crippen LogP contribution in [0.3, 0.4) is 0 Å². The van der Waals surface area contributed by atoms with Gasteiger partial charge in [0.05, 0.1) is 11.0 Å². The molecule has 0 radical (unpaired) electrons. The van der Waals surface area contributed by atoms with Crippen molar-refractivity contribution in [2.24, 2.45) is 5.16 Å². The fourth-order valence-electron chi connectivity index (χ4n) is 2.74. The molecule has 0 aliphatic heterocycles. The second kappa shape index (κ2) is 7.99. The predicted molar refractivity (Wildman–Crippen MR) is 94.3 cm³/mol. The van der Waals surface area contributed by atoms with Crippen molar-refractivity contribution in [2.75, 3.05) is 5.75 Å². The number of sulfone groups is 1. The van der Waals surface area contributed by atoms with Crippen LogP contribution in [0, 0.1) is 0 Å². The molecule has 1 aromatic rings. The fraction of sp³-hybridized carbons (Fsp3) is 0.562. The van der Waals surface area contributed by atoms with Crippen LogP contribution in [0.25, 0.3) is 0 Å². The first kappa shape index (κ1) is 20.8. The van der Waals surface area contributed by atoms with Gasteiger partial charge in [0.15, 0.2) is 5.71 Å². The fourth-order valence-corrected chi connectivity index (χ4v) is 4.83. The third kappa shape index (κ3) is 4.40. The first-order valence-electron chi connectivity index (χ1n) is 8.28. The molecule has 1 aromatic carbocycles. The summed E-state index contributed by atoms with van der Waals surface area (Å²) in [5.41, 5.74) is -1.44. The Balaban J connectivity index is 2.50. The van der Waals surface area contributed by atoms with Gasteiger partial charge in [0.2, 0.25) is 9.84 Å². The minimum atomic E-state index is -4.92. The van der Waals surface area contributed by atoms with Gasteiger partial charge in [-0.15, -0.1) is 0 Å². The molecule has 26 heavy (non-hydrogen) atoms. The van der Waals surface area contributed by atoms with Crippen molar-refractivity contribution in [1.29, 1.82) is 0 Å².